The van der Waals surface area contributed by atoms with E-state index >= 15 is 0 Å². The monoisotopic (exact) mass is 821 g/mol. The molecule has 8 atom stereocenters. The van der Waals surface area contributed by atoms with Crippen LogP contribution in [-0.2, 0) is 20.7 Å². The smallest absolute Gasteiger partial charge is 0.311 e. The molecule has 4 aliphatic rings. The van der Waals surface area contributed by atoms with Crippen LogP contribution in [0.4, 0.5) is 11.4 Å². The van der Waals surface area contributed by atoms with E-state index in [-0.39, 0.29) is 23.5 Å². The van der Waals surface area contributed by atoms with Crippen molar-refractivity contribution < 1.29 is 19.1 Å². The summed E-state index contributed by atoms with van der Waals surface area (Å²) in [6.45, 7) is 14.8. The maximum absolute atomic E-state index is 12.9. The number of carbonyl (C=O) groups excluding carboxylic acids is 2. The lowest BCUT2D eigenvalue weighted by Crippen LogP contribution is -2.51. The SMILES string of the molecule is CCCCCCCc1ccc(N=Nc2ccc(OC(=O)CCCCCCC(=O)OC3CC[C@@]4(C)C(=CC[C@H]5[C@@H]6CC[C@H]([C@H](C)CCCC(C)C)[C@@]6(C)CC[C@@H]54)C3)cc2)cc1. The van der Waals surface area contributed by atoms with Crippen LogP contribution in [0.1, 0.15) is 188 Å². The standard InChI is InChI=1S/C54H80N2O4/c1-7-8-9-10-13-19-41-22-25-43(26-23-41)55-56-44-27-29-45(30-28-44)59-51(57)20-14-11-12-15-21-52(58)60-46-34-36-53(5)42(38-46)24-31-47-49-33-32-48(40(4)18-16-17-39(2)3)54(49,6)37-35-50(47)53/h22-30,39-40,46-50H,7-21,31-38H2,1-6H3/t40-,46?,47+,48-,49+,50+,53+,54-/m1/s1. The first-order chi connectivity index (χ1) is 29.0. The van der Waals surface area contributed by atoms with Crippen molar-refractivity contribution in [3.8, 4) is 5.75 Å². The highest BCUT2D eigenvalue weighted by Gasteiger charge is 2.59. The van der Waals surface area contributed by atoms with Gasteiger partial charge in [0.1, 0.15) is 11.9 Å². The number of hydrogen-bond donors (Lipinski definition) is 0. The third kappa shape index (κ3) is 12.2. The maximum Gasteiger partial charge on any atom is 0.311 e. The first-order valence-electron chi connectivity index (χ1n) is 24.7. The second-order valence-corrected chi connectivity index (χ2v) is 20.6. The third-order valence-corrected chi connectivity index (χ3v) is 15.9. The average molecular weight is 821 g/mol. The number of hydrogen-bond acceptors (Lipinski definition) is 6. The van der Waals surface area contributed by atoms with E-state index in [9.17, 15) is 9.59 Å². The minimum atomic E-state index is -0.237. The molecule has 3 saturated carbocycles. The Hall–Kier alpha value is -3.28. The molecule has 6 nitrogen and oxygen atoms in total. The highest BCUT2D eigenvalue weighted by atomic mass is 16.5. The van der Waals surface area contributed by atoms with Gasteiger partial charge in [0, 0.05) is 19.3 Å². The number of benzene rings is 2. The molecule has 0 aliphatic heterocycles. The predicted octanol–water partition coefficient (Wildman–Crippen LogP) is 15.8. The molecule has 0 amide bonds. The van der Waals surface area contributed by atoms with Crippen molar-refractivity contribution >= 4 is 23.3 Å². The molecule has 2 aromatic carbocycles. The Labute approximate surface area is 364 Å². The summed E-state index contributed by atoms with van der Waals surface area (Å²) in [4.78, 5) is 25.5. The van der Waals surface area contributed by atoms with E-state index in [2.05, 4.69) is 70.0 Å². The van der Waals surface area contributed by atoms with Crippen LogP contribution >= 0.6 is 0 Å². The van der Waals surface area contributed by atoms with Gasteiger partial charge in [0.2, 0.25) is 0 Å². The van der Waals surface area contributed by atoms with Crippen molar-refractivity contribution in [3.05, 3.63) is 65.7 Å². The second-order valence-electron chi connectivity index (χ2n) is 20.6. The van der Waals surface area contributed by atoms with Crippen LogP contribution in [-0.4, -0.2) is 18.0 Å². The lowest BCUT2D eigenvalue weighted by atomic mass is 9.47. The minimum absolute atomic E-state index is 0.0172. The molecule has 0 N–H and O–H groups in total. The fourth-order valence-electron chi connectivity index (χ4n) is 12.4. The van der Waals surface area contributed by atoms with Gasteiger partial charge in [-0.05, 0) is 159 Å². The normalized spacial score (nSPS) is 27.9. The van der Waals surface area contributed by atoms with Crippen LogP contribution in [0.25, 0.3) is 0 Å². The number of unbranched alkanes of at least 4 members (excludes halogenated alkanes) is 7. The molecular weight excluding hydrogens is 741 g/mol. The topological polar surface area (TPSA) is 77.3 Å². The Kier molecular flexibility index (Phi) is 17.1. The fourth-order valence-corrected chi connectivity index (χ4v) is 12.4. The molecule has 0 aromatic heterocycles. The number of ether oxygens (including phenoxy) is 2. The van der Waals surface area contributed by atoms with Crippen molar-refractivity contribution in [2.45, 2.75) is 195 Å². The van der Waals surface area contributed by atoms with Crippen LogP contribution < -0.4 is 4.74 Å². The molecule has 60 heavy (non-hydrogen) atoms. The van der Waals surface area contributed by atoms with E-state index in [1.165, 1.54) is 89.0 Å². The van der Waals surface area contributed by atoms with Crippen LogP contribution in [0.5, 0.6) is 5.75 Å². The summed E-state index contributed by atoms with van der Waals surface area (Å²) < 4.78 is 11.7. The Bertz CT molecular complexity index is 1710. The van der Waals surface area contributed by atoms with Gasteiger partial charge < -0.3 is 9.47 Å². The number of esters is 2. The maximum atomic E-state index is 12.9. The van der Waals surface area contributed by atoms with Gasteiger partial charge in [0.15, 0.2) is 0 Å². The van der Waals surface area contributed by atoms with Crippen molar-refractivity contribution in [1.82, 2.24) is 0 Å². The molecule has 4 aliphatic carbocycles. The first kappa shape index (κ1) is 46.2. The van der Waals surface area contributed by atoms with Crippen molar-refractivity contribution in [2.24, 2.45) is 56.6 Å². The molecule has 3 fully saturated rings. The molecule has 1 unspecified atom stereocenters. The number of nitrogens with zero attached hydrogens (tertiary/aromatic N) is 2. The van der Waals surface area contributed by atoms with Gasteiger partial charge in [-0.3, -0.25) is 9.59 Å². The molecule has 0 bridgehead atoms. The van der Waals surface area contributed by atoms with E-state index in [0.29, 0.717) is 29.7 Å². The van der Waals surface area contributed by atoms with E-state index in [1.807, 2.05) is 24.3 Å². The number of fused-ring (bicyclic) bond motifs is 5. The Balaban J connectivity index is 0.842. The predicted molar refractivity (Wildman–Crippen MR) is 246 cm³/mol. The lowest BCUT2D eigenvalue weighted by molar-refractivity contribution is -0.151. The van der Waals surface area contributed by atoms with Gasteiger partial charge in [-0.1, -0.05) is 123 Å². The van der Waals surface area contributed by atoms with E-state index in [4.69, 9.17) is 9.47 Å². The van der Waals surface area contributed by atoms with Gasteiger partial charge in [-0.15, -0.1) is 0 Å². The summed E-state index contributed by atoms with van der Waals surface area (Å²) in [6.07, 6.45) is 28.4. The Morgan fingerprint density at radius 2 is 1.38 bits per heavy atom. The molecule has 6 rings (SSSR count). The first-order valence-corrected chi connectivity index (χ1v) is 24.7. The van der Waals surface area contributed by atoms with E-state index in [0.717, 1.165) is 92.6 Å². The fraction of sp³-hybridized carbons (Fsp3) is 0.704. The van der Waals surface area contributed by atoms with Gasteiger partial charge in [-0.2, -0.15) is 10.2 Å². The van der Waals surface area contributed by atoms with Gasteiger partial charge in [-0.25, -0.2) is 0 Å². The van der Waals surface area contributed by atoms with Gasteiger partial charge in [0.05, 0.1) is 11.4 Å². The largest absolute Gasteiger partial charge is 0.462 e. The number of aryl methyl sites for hydroxylation is 1. The number of azo groups is 1. The minimum Gasteiger partial charge on any atom is -0.462 e. The van der Waals surface area contributed by atoms with Crippen molar-refractivity contribution in [3.63, 3.8) is 0 Å². The van der Waals surface area contributed by atoms with Crippen LogP contribution in [0.2, 0.25) is 0 Å². The molecule has 0 spiro atoms. The summed E-state index contributed by atoms with van der Waals surface area (Å²) >= 11 is 0. The van der Waals surface area contributed by atoms with E-state index < -0.39 is 0 Å². The number of rotatable bonds is 22. The van der Waals surface area contributed by atoms with Gasteiger partial charge >= 0.3 is 11.9 Å². The van der Waals surface area contributed by atoms with Crippen molar-refractivity contribution in [2.75, 3.05) is 0 Å². The zero-order valence-electron chi connectivity index (χ0n) is 38.5. The summed E-state index contributed by atoms with van der Waals surface area (Å²) in [6, 6.07) is 15.5. The molecule has 0 radical (unpaired) electrons. The quantitative estimate of drug-likeness (QED) is 0.0390. The summed E-state index contributed by atoms with van der Waals surface area (Å²) in [5, 5.41) is 8.72. The number of carbonyl (C=O) groups is 2. The molecular formula is C54H80N2O4. The van der Waals surface area contributed by atoms with Crippen LogP contribution in [0, 0.1) is 46.3 Å². The highest BCUT2D eigenvalue weighted by molar-refractivity contribution is 5.72. The second kappa shape index (κ2) is 22.2. The third-order valence-electron chi connectivity index (χ3n) is 15.9. The summed E-state index contributed by atoms with van der Waals surface area (Å²) in [5.41, 5.74) is 5.24. The molecule has 0 heterocycles. The average Bonchev–Trinajstić information content (AvgIpc) is 3.59. The number of allylic oxidation sites excluding steroid dienone is 1. The Morgan fingerprint density at radius 3 is 2.08 bits per heavy atom. The van der Waals surface area contributed by atoms with Crippen molar-refractivity contribution in [1.29, 1.82) is 0 Å². The Morgan fingerprint density at radius 1 is 0.717 bits per heavy atom. The van der Waals surface area contributed by atoms with E-state index in [1.54, 1.807) is 17.7 Å². The zero-order valence-corrected chi connectivity index (χ0v) is 38.5. The molecule has 0 saturated heterocycles. The van der Waals surface area contributed by atoms with Crippen LogP contribution in [0.3, 0.4) is 0 Å². The molecule has 2 aromatic rings. The summed E-state index contributed by atoms with van der Waals surface area (Å²) in [7, 11) is 0. The van der Waals surface area contributed by atoms with Gasteiger partial charge in [0.25, 0.3) is 0 Å². The highest BCUT2D eigenvalue weighted by Crippen LogP contribution is 2.67. The zero-order chi connectivity index (χ0) is 42.5. The molecule has 330 valence electrons. The van der Waals surface area contributed by atoms with Crippen LogP contribution in [0.15, 0.2) is 70.4 Å². The summed E-state index contributed by atoms with van der Waals surface area (Å²) in [5.74, 6) is 5.24. The molecule has 6 heteroatoms. The lowest BCUT2D eigenvalue weighted by Gasteiger charge is -2.58.